The third-order valence-electron chi connectivity index (χ3n) is 2.51. The second kappa shape index (κ2) is 8.24. The first-order valence-electron chi connectivity index (χ1n) is 6.30. The van der Waals surface area contributed by atoms with Crippen molar-refractivity contribution in [1.82, 2.24) is 4.72 Å². The maximum atomic E-state index is 11.7. The summed E-state index contributed by atoms with van der Waals surface area (Å²) in [5.41, 5.74) is 0.823. The molecule has 0 bridgehead atoms. The average molecular weight is 320 g/mol. The highest BCUT2D eigenvalue weighted by Crippen LogP contribution is 2.09. The molecule has 1 N–H and O–H groups in total. The van der Waals surface area contributed by atoms with E-state index in [-0.39, 0.29) is 31.1 Å². The van der Waals surface area contributed by atoms with Crippen molar-refractivity contribution in [3.8, 4) is 0 Å². The molecule has 1 rings (SSSR count). The molecule has 0 spiro atoms. The first-order valence-corrected chi connectivity index (χ1v) is 8.33. The molecule has 0 saturated carbocycles. The molecule has 0 heterocycles. The number of nitrogens with one attached hydrogen (secondary N) is 1. The van der Waals surface area contributed by atoms with Crippen molar-refractivity contribution in [3.05, 3.63) is 34.9 Å². The molecule has 0 aliphatic heterocycles. The molecule has 7 heteroatoms. The Morgan fingerprint density at radius 1 is 1.30 bits per heavy atom. The lowest BCUT2D eigenvalue weighted by molar-refractivity contribution is -0.143. The Kier molecular flexibility index (Phi) is 6.98. The summed E-state index contributed by atoms with van der Waals surface area (Å²) in [4.78, 5) is 11.1. The molecule has 0 aliphatic rings. The molecule has 0 fully saturated rings. The Hall–Kier alpha value is -1.11. The van der Waals surface area contributed by atoms with Crippen LogP contribution < -0.4 is 4.72 Å². The smallest absolute Gasteiger partial charge is 0.305 e. The number of hydrogen-bond acceptors (Lipinski definition) is 4. The Labute approximate surface area is 124 Å². The fourth-order valence-corrected chi connectivity index (χ4v) is 2.69. The second-order valence-electron chi connectivity index (χ2n) is 4.18. The van der Waals surface area contributed by atoms with Crippen LogP contribution in [0.3, 0.4) is 0 Å². The largest absolute Gasteiger partial charge is 0.466 e. The van der Waals surface area contributed by atoms with Gasteiger partial charge in [-0.15, -0.1) is 0 Å². The van der Waals surface area contributed by atoms with Crippen LogP contribution >= 0.6 is 11.6 Å². The lowest BCUT2D eigenvalue weighted by Crippen LogP contribution is -2.26. The summed E-state index contributed by atoms with van der Waals surface area (Å²) in [6.45, 7) is 2.22. The van der Waals surface area contributed by atoms with Gasteiger partial charge in [0, 0.05) is 18.0 Å². The molecule has 0 aliphatic carbocycles. The lowest BCUT2D eigenvalue weighted by Gasteiger charge is -2.07. The zero-order valence-electron chi connectivity index (χ0n) is 11.3. The molecule has 0 unspecified atom stereocenters. The van der Waals surface area contributed by atoms with Gasteiger partial charge >= 0.3 is 5.97 Å². The minimum absolute atomic E-state index is 0.0978. The fourth-order valence-electron chi connectivity index (χ4n) is 1.51. The number of ether oxygens (including phenoxy) is 1. The maximum absolute atomic E-state index is 11.7. The van der Waals surface area contributed by atoms with E-state index >= 15 is 0 Å². The van der Waals surface area contributed by atoms with E-state index in [1.165, 1.54) is 0 Å². The van der Waals surface area contributed by atoms with Crippen molar-refractivity contribution in [2.24, 2.45) is 0 Å². The number of hydrogen-bond donors (Lipinski definition) is 1. The van der Waals surface area contributed by atoms with E-state index in [0.29, 0.717) is 11.6 Å². The van der Waals surface area contributed by atoms with Crippen LogP contribution in [0.4, 0.5) is 0 Å². The zero-order valence-corrected chi connectivity index (χ0v) is 12.8. The summed E-state index contributed by atoms with van der Waals surface area (Å²) in [6.07, 6.45) is 0.352. The van der Waals surface area contributed by atoms with Gasteiger partial charge in [0.05, 0.1) is 12.4 Å². The van der Waals surface area contributed by atoms with Gasteiger partial charge in [-0.3, -0.25) is 4.79 Å². The molecule has 0 amide bonds. The second-order valence-corrected chi connectivity index (χ2v) is 6.54. The van der Waals surface area contributed by atoms with Gasteiger partial charge in [0.15, 0.2) is 0 Å². The monoisotopic (exact) mass is 319 g/mol. The van der Waals surface area contributed by atoms with Crippen LogP contribution in [0, 0.1) is 0 Å². The highest BCUT2D eigenvalue weighted by molar-refractivity contribution is 7.89. The third-order valence-corrected chi connectivity index (χ3v) is 4.17. The number of esters is 1. The Balaban J connectivity index is 2.34. The first kappa shape index (κ1) is 16.9. The highest BCUT2D eigenvalue weighted by Gasteiger charge is 2.11. The fraction of sp³-hybridized carbons (Fsp3) is 0.462. The van der Waals surface area contributed by atoms with Crippen LogP contribution in [0.5, 0.6) is 0 Å². The molecule has 0 saturated heterocycles. The summed E-state index contributed by atoms with van der Waals surface area (Å²) < 4.78 is 30.6. The van der Waals surface area contributed by atoms with Crippen LogP contribution in [-0.2, 0) is 26.1 Å². The number of carbonyl (C=O) groups excluding carboxylic acids is 1. The van der Waals surface area contributed by atoms with E-state index in [2.05, 4.69) is 4.72 Å². The molecular weight excluding hydrogens is 302 g/mol. The molecule has 0 radical (unpaired) electrons. The van der Waals surface area contributed by atoms with Gasteiger partial charge in [-0.1, -0.05) is 23.7 Å². The number of rotatable bonds is 8. The van der Waals surface area contributed by atoms with Gasteiger partial charge in [-0.05, 0) is 31.0 Å². The minimum atomic E-state index is -3.39. The van der Waals surface area contributed by atoms with Gasteiger partial charge < -0.3 is 4.74 Å². The predicted octanol–water partition coefficient (Wildman–Crippen LogP) is 2.10. The topological polar surface area (TPSA) is 72.5 Å². The van der Waals surface area contributed by atoms with Crippen molar-refractivity contribution in [1.29, 1.82) is 0 Å². The van der Waals surface area contributed by atoms with E-state index in [4.69, 9.17) is 16.3 Å². The van der Waals surface area contributed by atoms with E-state index in [1.807, 2.05) is 0 Å². The van der Waals surface area contributed by atoms with Crippen LogP contribution in [0.15, 0.2) is 24.3 Å². The van der Waals surface area contributed by atoms with Gasteiger partial charge in [-0.25, -0.2) is 13.1 Å². The Morgan fingerprint density at radius 3 is 2.55 bits per heavy atom. The van der Waals surface area contributed by atoms with Crippen molar-refractivity contribution < 1.29 is 17.9 Å². The lowest BCUT2D eigenvalue weighted by atomic mass is 10.2. The molecule has 1 aromatic rings. The summed E-state index contributed by atoms with van der Waals surface area (Å²) in [6, 6.07) is 6.91. The normalized spacial score (nSPS) is 11.3. The summed E-state index contributed by atoms with van der Waals surface area (Å²) in [5, 5.41) is 0.603. The summed E-state index contributed by atoms with van der Waals surface area (Å²) >= 11 is 5.74. The van der Waals surface area contributed by atoms with E-state index in [0.717, 1.165) is 5.56 Å². The molecule has 1 aromatic carbocycles. The molecular formula is C13H18ClNO4S. The number of sulfonamides is 1. The molecule has 5 nitrogen and oxygen atoms in total. The number of carbonyl (C=O) groups is 1. The van der Waals surface area contributed by atoms with Crippen LogP contribution in [-0.4, -0.2) is 26.7 Å². The van der Waals surface area contributed by atoms with Gasteiger partial charge in [0.2, 0.25) is 10.0 Å². The van der Waals surface area contributed by atoms with E-state index < -0.39 is 10.0 Å². The Morgan fingerprint density at radius 2 is 1.95 bits per heavy atom. The maximum Gasteiger partial charge on any atom is 0.305 e. The number of halogens is 1. The van der Waals surface area contributed by atoms with Gasteiger partial charge in [0.1, 0.15) is 0 Å². The van der Waals surface area contributed by atoms with Crippen LogP contribution in [0.2, 0.25) is 5.02 Å². The third kappa shape index (κ3) is 6.88. The van der Waals surface area contributed by atoms with Crippen LogP contribution in [0.1, 0.15) is 25.3 Å². The minimum Gasteiger partial charge on any atom is -0.466 e. The molecule has 0 aromatic heterocycles. The van der Waals surface area contributed by atoms with Gasteiger partial charge in [0.25, 0.3) is 0 Å². The van der Waals surface area contributed by atoms with E-state index in [9.17, 15) is 13.2 Å². The van der Waals surface area contributed by atoms with Crippen molar-refractivity contribution in [2.45, 2.75) is 26.3 Å². The van der Waals surface area contributed by atoms with Crippen molar-refractivity contribution in [2.75, 3.05) is 12.4 Å². The predicted molar refractivity (Wildman–Crippen MR) is 77.9 cm³/mol. The standard InChI is InChI=1S/C13H18ClNO4S/c1-2-19-13(16)4-3-9-20(17,18)15-10-11-5-7-12(14)8-6-11/h5-8,15H,2-4,9-10H2,1H3. The molecule has 112 valence electrons. The average Bonchev–Trinajstić information content (AvgIpc) is 2.38. The van der Waals surface area contributed by atoms with Crippen LogP contribution in [0.25, 0.3) is 0 Å². The quantitative estimate of drug-likeness (QED) is 0.745. The highest BCUT2D eigenvalue weighted by atomic mass is 35.5. The zero-order chi connectivity index (χ0) is 15.0. The van der Waals surface area contributed by atoms with Crippen molar-refractivity contribution in [3.63, 3.8) is 0 Å². The summed E-state index contributed by atoms with van der Waals surface area (Å²) in [5.74, 6) is -0.472. The molecule has 20 heavy (non-hydrogen) atoms. The molecule has 0 atom stereocenters. The van der Waals surface area contributed by atoms with Gasteiger partial charge in [-0.2, -0.15) is 0 Å². The SMILES string of the molecule is CCOC(=O)CCCS(=O)(=O)NCc1ccc(Cl)cc1. The number of benzene rings is 1. The van der Waals surface area contributed by atoms with E-state index in [1.54, 1.807) is 31.2 Å². The first-order chi connectivity index (χ1) is 9.43. The van der Waals surface area contributed by atoms with Crippen molar-refractivity contribution >= 4 is 27.6 Å². The Bertz CT molecular complexity index is 528. The summed E-state index contributed by atoms with van der Waals surface area (Å²) in [7, 11) is -3.39.